The summed E-state index contributed by atoms with van der Waals surface area (Å²) in [5, 5.41) is 0. The minimum atomic E-state index is -4.51. The van der Waals surface area contributed by atoms with Crippen molar-refractivity contribution in [1.82, 2.24) is 14.3 Å². The van der Waals surface area contributed by atoms with Gasteiger partial charge in [0.15, 0.2) is 0 Å². The van der Waals surface area contributed by atoms with E-state index in [1.54, 1.807) is 11.8 Å². The van der Waals surface area contributed by atoms with E-state index in [1.165, 1.54) is 4.31 Å². The number of halogens is 3. The average molecular weight is 461 g/mol. The molecule has 2 heterocycles. The number of hydrogen-bond acceptors (Lipinski definition) is 6. The number of piperazine rings is 1. The molecule has 0 spiro atoms. The molecule has 4 rings (SSSR count). The number of anilines is 1. The molecule has 1 saturated heterocycles. The average Bonchev–Trinajstić information content (AvgIpc) is 3.01. The first-order chi connectivity index (χ1) is 14.3. The highest BCUT2D eigenvalue weighted by Gasteiger charge is 2.65. The molecular weight excluding hydrogens is 433 g/mol. The van der Waals surface area contributed by atoms with Gasteiger partial charge in [0.2, 0.25) is 16.0 Å². The zero-order chi connectivity index (χ0) is 22.8. The van der Waals surface area contributed by atoms with Crippen LogP contribution in [0.5, 0.6) is 0 Å². The van der Waals surface area contributed by atoms with Crippen molar-refractivity contribution in [3.63, 3.8) is 0 Å². The van der Waals surface area contributed by atoms with Gasteiger partial charge in [0.1, 0.15) is 5.78 Å². The van der Waals surface area contributed by atoms with Crippen LogP contribution in [0.3, 0.4) is 0 Å². The summed E-state index contributed by atoms with van der Waals surface area (Å²) >= 11 is 0. The lowest BCUT2D eigenvalue weighted by Gasteiger charge is -2.42. The summed E-state index contributed by atoms with van der Waals surface area (Å²) in [4.78, 5) is 22.1. The number of carbonyl (C=O) groups excluding carboxylic acids is 1. The molecule has 0 amide bonds. The second kappa shape index (κ2) is 7.13. The molecule has 7 nitrogen and oxygen atoms in total. The summed E-state index contributed by atoms with van der Waals surface area (Å²) in [5.74, 6) is 0.262. The van der Waals surface area contributed by atoms with Gasteiger partial charge in [-0.1, -0.05) is 13.8 Å². The first-order valence-electron chi connectivity index (χ1n) is 10.4. The zero-order valence-corrected chi connectivity index (χ0v) is 18.6. The Morgan fingerprint density at radius 2 is 1.84 bits per heavy atom. The summed E-state index contributed by atoms with van der Waals surface area (Å²) in [6.45, 7) is 6.41. The highest BCUT2D eigenvalue weighted by molar-refractivity contribution is 7.89. The van der Waals surface area contributed by atoms with Crippen molar-refractivity contribution in [3.05, 3.63) is 18.0 Å². The molecule has 11 heteroatoms. The molecule has 0 N–H and O–H groups in total. The molecule has 0 unspecified atom stereocenters. The van der Waals surface area contributed by atoms with Gasteiger partial charge >= 0.3 is 6.18 Å². The summed E-state index contributed by atoms with van der Waals surface area (Å²) in [6, 6.07) is -0.318. The van der Waals surface area contributed by atoms with E-state index in [4.69, 9.17) is 0 Å². The van der Waals surface area contributed by atoms with E-state index in [-0.39, 0.29) is 54.5 Å². The first-order valence-corrected chi connectivity index (χ1v) is 12.1. The van der Waals surface area contributed by atoms with Crippen molar-refractivity contribution in [3.8, 4) is 0 Å². The normalized spacial score (nSPS) is 31.4. The van der Waals surface area contributed by atoms with Gasteiger partial charge in [-0.3, -0.25) is 4.79 Å². The van der Waals surface area contributed by atoms with E-state index in [1.807, 2.05) is 13.8 Å². The van der Waals surface area contributed by atoms with Crippen LogP contribution in [0.1, 0.15) is 45.6 Å². The van der Waals surface area contributed by atoms with Gasteiger partial charge in [-0.2, -0.15) is 17.5 Å². The third-order valence-corrected chi connectivity index (χ3v) is 9.75. The van der Waals surface area contributed by atoms with Crippen LogP contribution in [0.4, 0.5) is 19.1 Å². The van der Waals surface area contributed by atoms with Gasteiger partial charge in [-0.15, -0.1) is 0 Å². The van der Waals surface area contributed by atoms with Crippen LogP contribution in [-0.2, 0) is 21.0 Å². The smallest absolute Gasteiger partial charge is 0.335 e. The molecule has 31 heavy (non-hydrogen) atoms. The monoisotopic (exact) mass is 460 g/mol. The van der Waals surface area contributed by atoms with E-state index in [0.717, 1.165) is 18.8 Å². The van der Waals surface area contributed by atoms with Crippen LogP contribution in [0.2, 0.25) is 0 Å². The molecule has 2 aliphatic carbocycles. The van der Waals surface area contributed by atoms with E-state index in [0.29, 0.717) is 12.8 Å². The SMILES string of the molecule is C[C@H]1CN(S(=O)(=O)C[C@]23CC[C@H](CC2=O)C3(C)C)CCN1c1ncc(C(F)(F)F)cn1. The van der Waals surface area contributed by atoms with Gasteiger partial charge < -0.3 is 4.90 Å². The molecule has 3 aliphatic rings. The molecule has 1 aromatic heterocycles. The minimum Gasteiger partial charge on any atom is -0.335 e. The Balaban J connectivity index is 1.48. The fourth-order valence-corrected chi connectivity index (χ4v) is 7.89. The molecule has 0 aromatic carbocycles. The summed E-state index contributed by atoms with van der Waals surface area (Å²) in [6.07, 6.45) is -1.09. The molecule has 3 fully saturated rings. The number of hydrogen-bond donors (Lipinski definition) is 0. The van der Waals surface area contributed by atoms with Crippen molar-refractivity contribution < 1.29 is 26.4 Å². The Labute approximate surface area is 180 Å². The van der Waals surface area contributed by atoms with Crippen LogP contribution in [0.25, 0.3) is 0 Å². The molecule has 0 radical (unpaired) electrons. The number of Topliss-reactive ketones (excluding diaryl/α,β-unsaturated/α-hetero) is 1. The first kappa shape index (κ1) is 22.4. The van der Waals surface area contributed by atoms with E-state index in [2.05, 4.69) is 9.97 Å². The number of ketones is 1. The maximum Gasteiger partial charge on any atom is 0.419 e. The quantitative estimate of drug-likeness (QED) is 0.687. The maximum atomic E-state index is 13.3. The van der Waals surface area contributed by atoms with Crippen LogP contribution in [0, 0.1) is 16.7 Å². The van der Waals surface area contributed by atoms with Crippen LogP contribution in [-0.4, -0.2) is 59.9 Å². The molecule has 1 aliphatic heterocycles. The van der Waals surface area contributed by atoms with E-state index in [9.17, 15) is 26.4 Å². The standard InChI is InChI=1S/C20H27F3N4O3S/c1-13-11-26(6-7-27(13)17-24-9-15(10-25-17)20(21,22)23)31(29,30)12-19-5-4-14(8-16(19)28)18(19,2)3/h9-10,13-14H,4-8,11-12H2,1-3H3/t13-,14+,19+/m0/s1. The number of nitrogens with zero attached hydrogens (tertiary/aromatic N) is 4. The third-order valence-electron chi connectivity index (χ3n) is 7.77. The van der Waals surface area contributed by atoms with E-state index < -0.39 is 27.2 Å². The second-order valence-electron chi connectivity index (χ2n) is 9.59. The van der Waals surface area contributed by atoms with Crippen molar-refractivity contribution in [1.29, 1.82) is 0 Å². The number of carbonyl (C=O) groups is 1. The second-order valence-corrected chi connectivity index (χ2v) is 11.6. The Bertz CT molecular complexity index is 980. The van der Waals surface area contributed by atoms with Crippen LogP contribution >= 0.6 is 0 Å². The van der Waals surface area contributed by atoms with Gasteiger partial charge in [-0.25, -0.2) is 18.4 Å². The number of aromatic nitrogens is 2. The van der Waals surface area contributed by atoms with Crippen LogP contribution in [0.15, 0.2) is 12.4 Å². The van der Waals surface area contributed by atoms with Crippen molar-refractivity contribution in [2.24, 2.45) is 16.7 Å². The lowest BCUT2D eigenvalue weighted by Crippen LogP contribution is -2.56. The van der Waals surface area contributed by atoms with Gasteiger partial charge in [0, 0.05) is 49.9 Å². The number of rotatable bonds is 4. The summed E-state index contributed by atoms with van der Waals surface area (Å²) < 4.78 is 66.2. The molecule has 1 aromatic rings. The predicted octanol–water partition coefficient (Wildman–Crippen LogP) is 2.73. The Kier molecular flexibility index (Phi) is 5.16. The highest BCUT2D eigenvalue weighted by atomic mass is 32.2. The van der Waals surface area contributed by atoms with Crippen molar-refractivity contribution in [2.75, 3.05) is 30.3 Å². The summed E-state index contributed by atoms with van der Waals surface area (Å²) in [7, 11) is -3.68. The number of fused-ring (bicyclic) bond motifs is 2. The molecular formula is C20H27F3N4O3S. The molecule has 2 bridgehead atoms. The fraction of sp³-hybridized carbons (Fsp3) is 0.750. The van der Waals surface area contributed by atoms with Crippen LogP contribution < -0.4 is 4.90 Å². The topological polar surface area (TPSA) is 83.5 Å². The third kappa shape index (κ3) is 3.53. The van der Waals surface area contributed by atoms with E-state index >= 15 is 0 Å². The highest BCUT2D eigenvalue weighted by Crippen LogP contribution is 2.64. The van der Waals surface area contributed by atoms with Crippen molar-refractivity contribution in [2.45, 2.75) is 52.3 Å². The zero-order valence-electron chi connectivity index (χ0n) is 17.8. The molecule has 3 atom stereocenters. The molecule has 172 valence electrons. The van der Waals surface area contributed by atoms with Gasteiger partial charge in [-0.05, 0) is 31.1 Å². The number of alkyl halides is 3. The largest absolute Gasteiger partial charge is 0.419 e. The number of sulfonamides is 1. The Morgan fingerprint density at radius 3 is 2.32 bits per heavy atom. The van der Waals surface area contributed by atoms with Crippen molar-refractivity contribution >= 4 is 21.8 Å². The lowest BCUT2D eigenvalue weighted by atomic mass is 9.70. The minimum absolute atomic E-state index is 0.0576. The fourth-order valence-electron chi connectivity index (χ4n) is 5.60. The Hall–Kier alpha value is -1.75. The lowest BCUT2D eigenvalue weighted by molar-refractivity contribution is -0.138. The summed E-state index contributed by atoms with van der Waals surface area (Å²) in [5.41, 5.74) is -2.09. The van der Waals surface area contributed by atoms with Gasteiger partial charge in [0.25, 0.3) is 0 Å². The maximum absolute atomic E-state index is 13.3. The Morgan fingerprint density at radius 1 is 1.19 bits per heavy atom. The predicted molar refractivity (Wildman–Crippen MR) is 108 cm³/mol. The molecule has 2 saturated carbocycles. The van der Waals surface area contributed by atoms with Gasteiger partial charge in [0.05, 0.1) is 11.3 Å².